The highest BCUT2D eigenvalue weighted by molar-refractivity contribution is 9.10. The summed E-state index contributed by atoms with van der Waals surface area (Å²) < 4.78 is 30.0. The second kappa shape index (κ2) is 11.8. The first-order valence-electron chi connectivity index (χ1n) is 11.9. The van der Waals surface area contributed by atoms with Crippen molar-refractivity contribution in [3.05, 3.63) is 88.4 Å². The zero-order chi connectivity index (χ0) is 26.6. The first-order chi connectivity index (χ1) is 17.7. The van der Waals surface area contributed by atoms with E-state index >= 15 is 0 Å². The van der Waals surface area contributed by atoms with Crippen molar-refractivity contribution >= 4 is 58.5 Å². The lowest BCUT2D eigenvalue weighted by Gasteiger charge is -2.23. The Morgan fingerprint density at radius 1 is 0.973 bits per heavy atom. The highest BCUT2D eigenvalue weighted by atomic mass is 79.9. The molecular formula is C27H29BrN4O3S2. The standard InChI is InChI=1S/C27H29BrN4O3S2/c1-4-31(19-20-8-6-5-7-9-20)37(34,35)23-13-10-21(11-14-23)26(33)32(17-16-30(2)3)27-29-24-15-12-22(28)18-25(24)36-27/h5-15,18H,4,16-17,19H2,1-3H3. The van der Waals surface area contributed by atoms with Crippen molar-refractivity contribution in [1.82, 2.24) is 14.2 Å². The molecule has 0 saturated heterocycles. The van der Waals surface area contributed by atoms with Crippen molar-refractivity contribution in [3.63, 3.8) is 0 Å². The second-order valence-electron chi connectivity index (χ2n) is 8.81. The number of carbonyl (C=O) groups excluding carboxylic acids is 1. The second-order valence-corrected chi connectivity index (χ2v) is 12.7. The van der Waals surface area contributed by atoms with Crippen LogP contribution in [-0.2, 0) is 16.6 Å². The van der Waals surface area contributed by atoms with Crippen molar-refractivity contribution in [2.24, 2.45) is 0 Å². The van der Waals surface area contributed by atoms with E-state index in [0.717, 1.165) is 20.3 Å². The molecule has 0 aliphatic heterocycles. The SMILES string of the molecule is CCN(Cc1ccccc1)S(=O)(=O)c1ccc(C(=O)N(CCN(C)C)c2nc3ccc(Br)cc3s2)cc1. The smallest absolute Gasteiger partial charge is 0.260 e. The number of halogens is 1. The van der Waals surface area contributed by atoms with E-state index in [9.17, 15) is 13.2 Å². The van der Waals surface area contributed by atoms with Crippen molar-refractivity contribution in [2.45, 2.75) is 18.4 Å². The number of carbonyl (C=O) groups is 1. The zero-order valence-electron chi connectivity index (χ0n) is 21.0. The van der Waals surface area contributed by atoms with Gasteiger partial charge in [-0.2, -0.15) is 4.31 Å². The molecule has 0 unspecified atom stereocenters. The molecule has 0 aliphatic rings. The summed E-state index contributed by atoms with van der Waals surface area (Å²) in [5, 5.41) is 0.608. The molecule has 0 radical (unpaired) electrons. The summed E-state index contributed by atoms with van der Waals surface area (Å²) >= 11 is 4.94. The Kier molecular flexibility index (Phi) is 8.76. The van der Waals surface area contributed by atoms with Gasteiger partial charge in [-0.3, -0.25) is 9.69 Å². The Morgan fingerprint density at radius 3 is 2.32 bits per heavy atom. The summed E-state index contributed by atoms with van der Waals surface area (Å²) in [6, 6.07) is 21.5. The van der Waals surface area contributed by atoms with E-state index in [4.69, 9.17) is 4.98 Å². The molecule has 0 bridgehead atoms. The number of sulfonamides is 1. The van der Waals surface area contributed by atoms with E-state index in [2.05, 4.69) is 15.9 Å². The largest absolute Gasteiger partial charge is 0.308 e. The minimum absolute atomic E-state index is 0.159. The Bertz CT molecular complexity index is 1470. The molecule has 1 amide bonds. The van der Waals surface area contributed by atoms with Gasteiger partial charge in [0.15, 0.2) is 5.13 Å². The lowest BCUT2D eigenvalue weighted by atomic mass is 10.2. The summed E-state index contributed by atoms with van der Waals surface area (Å²) in [6.45, 7) is 3.55. The molecule has 4 rings (SSSR count). The van der Waals surface area contributed by atoms with Crippen LogP contribution < -0.4 is 4.90 Å². The van der Waals surface area contributed by atoms with Crippen LogP contribution in [0.1, 0.15) is 22.8 Å². The van der Waals surface area contributed by atoms with Gasteiger partial charge in [-0.15, -0.1) is 0 Å². The molecule has 0 saturated carbocycles. The van der Waals surface area contributed by atoms with Crippen LogP contribution in [0.3, 0.4) is 0 Å². The predicted octanol–water partition coefficient (Wildman–Crippen LogP) is 5.48. The molecule has 1 aromatic heterocycles. The average Bonchev–Trinajstić information content (AvgIpc) is 3.30. The van der Waals surface area contributed by atoms with Gasteiger partial charge >= 0.3 is 0 Å². The molecule has 0 atom stereocenters. The van der Waals surface area contributed by atoms with Gasteiger partial charge in [0.2, 0.25) is 10.0 Å². The average molecular weight is 602 g/mol. The predicted molar refractivity (Wildman–Crippen MR) is 154 cm³/mol. The van der Waals surface area contributed by atoms with Crippen LogP contribution in [0.15, 0.2) is 82.2 Å². The molecule has 10 heteroatoms. The van der Waals surface area contributed by atoms with E-state index in [1.807, 2.05) is 74.4 Å². The van der Waals surface area contributed by atoms with Gasteiger partial charge in [0.05, 0.1) is 15.1 Å². The maximum absolute atomic E-state index is 13.6. The molecule has 4 aromatic rings. The van der Waals surface area contributed by atoms with Crippen molar-refractivity contribution in [1.29, 1.82) is 0 Å². The number of benzene rings is 3. The topological polar surface area (TPSA) is 73.8 Å². The minimum Gasteiger partial charge on any atom is -0.308 e. The van der Waals surface area contributed by atoms with Crippen LogP contribution in [0.2, 0.25) is 0 Å². The summed E-state index contributed by atoms with van der Waals surface area (Å²) in [4.78, 5) is 22.1. The Morgan fingerprint density at radius 2 is 1.68 bits per heavy atom. The number of rotatable bonds is 10. The Labute approximate surface area is 230 Å². The monoisotopic (exact) mass is 600 g/mol. The normalized spacial score (nSPS) is 11.9. The highest BCUT2D eigenvalue weighted by Gasteiger charge is 2.25. The van der Waals surface area contributed by atoms with Gasteiger partial charge in [0.25, 0.3) is 5.91 Å². The number of likely N-dealkylation sites (N-methyl/N-ethyl adjacent to an activating group) is 1. The summed E-state index contributed by atoms with van der Waals surface area (Å²) in [5.41, 5.74) is 2.15. The van der Waals surface area contributed by atoms with E-state index in [1.165, 1.54) is 27.8 Å². The van der Waals surface area contributed by atoms with Crippen LogP contribution in [0.5, 0.6) is 0 Å². The van der Waals surface area contributed by atoms with E-state index in [-0.39, 0.29) is 17.3 Å². The minimum atomic E-state index is -3.72. The third kappa shape index (κ3) is 6.45. The van der Waals surface area contributed by atoms with Crippen molar-refractivity contribution in [2.75, 3.05) is 38.6 Å². The molecular weight excluding hydrogens is 572 g/mol. The summed E-state index contributed by atoms with van der Waals surface area (Å²) in [7, 11) is 0.182. The number of hydrogen-bond donors (Lipinski definition) is 0. The number of amides is 1. The van der Waals surface area contributed by atoms with Gasteiger partial charge < -0.3 is 4.90 Å². The first-order valence-corrected chi connectivity index (χ1v) is 14.9. The highest BCUT2D eigenvalue weighted by Crippen LogP contribution is 2.32. The number of fused-ring (bicyclic) bond motifs is 1. The molecule has 3 aromatic carbocycles. The first kappa shape index (κ1) is 27.4. The number of nitrogens with zero attached hydrogens (tertiary/aromatic N) is 4. The zero-order valence-corrected chi connectivity index (χ0v) is 24.2. The fourth-order valence-electron chi connectivity index (χ4n) is 3.81. The van der Waals surface area contributed by atoms with Gasteiger partial charge in [0.1, 0.15) is 0 Å². The van der Waals surface area contributed by atoms with Crippen LogP contribution in [0.4, 0.5) is 5.13 Å². The fourth-order valence-corrected chi connectivity index (χ4v) is 6.79. The summed E-state index contributed by atoms with van der Waals surface area (Å²) in [5.74, 6) is -0.222. The number of hydrogen-bond acceptors (Lipinski definition) is 6. The fraction of sp³-hybridized carbons (Fsp3) is 0.259. The maximum atomic E-state index is 13.6. The van der Waals surface area contributed by atoms with E-state index in [1.54, 1.807) is 17.0 Å². The molecule has 1 heterocycles. The van der Waals surface area contributed by atoms with Gasteiger partial charge in [0, 0.05) is 36.2 Å². The van der Waals surface area contributed by atoms with Crippen molar-refractivity contribution in [3.8, 4) is 0 Å². The van der Waals surface area contributed by atoms with Crippen LogP contribution in [0.25, 0.3) is 10.2 Å². The third-order valence-corrected chi connectivity index (χ3v) is 9.35. The van der Waals surface area contributed by atoms with E-state index < -0.39 is 10.0 Å². The number of thiazole rings is 1. The van der Waals surface area contributed by atoms with Crippen LogP contribution >= 0.6 is 27.3 Å². The van der Waals surface area contributed by atoms with Gasteiger partial charge in [-0.25, -0.2) is 13.4 Å². The number of aromatic nitrogens is 1. The molecule has 0 spiro atoms. The molecule has 194 valence electrons. The Hall–Kier alpha value is -2.63. The van der Waals surface area contributed by atoms with Gasteiger partial charge in [-0.1, -0.05) is 64.5 Å². The quantitative estimate of drug-likeness (QED) is 0.241. The molecule has 37 heavy (non-hydrogen) atoms. The molecule has 0 N–H and O–H groups in total. The van der Waals surface area contributed by atoms with Crippen LogP contribution in [-0.4, -0.2) is 62.2 Å². The van der Waals surface area contributed by atoms with Gasteiger partial charge in [-0.05, 0) is 62.1 Å². The molecule has 7 nitrogen and oxygen atoms in total. The van der Waals surface area contributed by atoms with Crippen molar-refractivity contribution < 1.29 is 13.2 Å². The van der Waals surface area contributed by atoms with Crippen LogP contribution in [0, 0.1) is 0 Å². The lowest BCUT2D eigenvalue weighted by Crippen LogP contribution is -2.36. The van der Waals surface area contributed by atoms with E-state index in [0.29, 0.717) is 30.3 Å². The lowest BCUT2D eigenvalue weighted by molar-refractivity contribution is 0.0985. The third-order valence-electron chi connectivity index (χ3n) is 5.88. The molecule has 0 fully saturated rings. The Balaban J connectivity index is 1.60. The maximum Gasteiger partial charge on any atom is 0.260 e. The summed E-state index contributed by atoms with van der Waals surface area (Å²) in [6.07, 6.45) is 0. The molecule has 0 aliphatic carbocycles. The number of anilines is 1.